The van der Waals surface area contributed by atoms with Crippen molar-refractivity contribution in [2.45, 2.75) is 11.7 Å². The normalized spacial score (nSPS) is 10.3. The Bertz CT molecular complexity index is 540. The Morgan fingerprint density at radius 1 is 1.21 bits per heavy atom. The van der Waals surface area contributed by atoms with E-state index >= 15 is 0 Å². The maximum atomic E-state index is 4.43. The molecule has 0 spiro atoms. The van der Waals surface area contributed by atoms with Gasteiger partial charge in [-0.25, -0.2) is 9.97 Å². The molecule has 19 heavy (non-hydrogen) atoms. The van der Waals surface area contributed by atoms with Crippen LogP contribution in [0, 0.1) is 0 Å². The molecule has 6 heteroatoms. The van der Waals surface area contributed by atoms with Crippen LogP contribution in [0.5, 0.6) is 0 Å². The van der Waals surface area contributed by atoms with Crippen molar-refractivity contribution in [3.63, 3.8) is 0 Å². The van der Waals surface area contributed by atoms with Gasteiger partial charge in [0, 0.05) is 24.1 Å². The van der Waals surface area contributed by atoms with Crippen LogP contribution >= 0.6 is 27.7 Å². The van der Waals surface area contributed by atoms with Gasteiger partial charge in [0.2, 0.25) is 0 Å². The van der Waals surface area contributed by atoms with Crippen LogP contribution < -0.4 is 10.6 Å². The Labute approximate surface area is 125 Å². The molecule has 4 nitrogen and oxygen atoms in total. The quantitative estimate of drug-likeness (QED) is 0.644. The molecule has 0 aliphatic carbocycles. The summed E-state index contributed by atoms with van der Waals surface area (Å²) >= 11 is 5.06. The summed E-state index contributed by atoms with van der Waals surface area (Å²) in [5, 5.41) is 7.11. The van der Waals surface area contributed by atoms with Crippen molar-refractivity contribution in [3.8, 4) is 0 Å². The fourth-order valence-electron chi connectivity index (χ4n) is 1.56. The zero-order chi connectivity index (χ0) is 13.7. The standard InChI is InChI=1S/C13H15BrN4S/c1-15-11-7-12(18-13(17-11)19-2)16-8-9-5-3-4-6-10(9)14/h3-7H,8H2,1-2H3,(H2,15,16,17,18). The van der Waals surface area contributed by atoms with E-state index in [1.807, 2.05) is 37.6 Å². The lowest BCUT2D eigenvalue weighted by Crippen LogP contribution is -2.05. The van der Waals surface area contributed by atoms with Gasteiger partial charge in [-0.1, -0.05) is 45.9 Å². The van der Waals surface area contributed by atoms with Gasteiger partial charge in [0.25, 0.3) is 0 Å². The van der Waals surface area contributed by atoms with Crippen LogP contribution in [0.4, 0.5) is 11.6 Å². The number of thioether (sulfide) groups is 1. The number of halogens is 1. The molecule has 1 heterocycles. The van der Waals surface area contributed by atoms with Crippen LogP contribution in [0.2, 0.25) is 0 Å². The van der Waals surface area contributed by atoms with Crippen LogP contribution in [-0.2, 0) is 6.54 Å². The average molecular weight is 339 g/mol. The molecule has 1 aromatic heterocycles. The molecule has 0 amide bonds. The van der Waals surface area contributed by atoms with E-state index in [0.29, 0.717) is 0 Å². The summed E-state index contributed by atoms with van der Waals surface area (Å²) in [6.07, 6.45) is 1.96. The first-order valence-corrected chi connectivity index (χ1v) is 7.83. The van der Waals surface area contributed by atoms with E-state index in [0.717, 1.165) is 27.8 Å². The van der Waals surface area contributed by atoms with Gasteiger partial charge in [0.05, 0.1) is 0 Å². The van der Waals surface area contributed by atoms with E-state index in [2.05, 4.69) is 42.6 Å². The predicted molar refractivity (Wildman–Crippen MR) is 84.8 cm³/mol. The van der Waals surface area contributed by atoms with E-state index in [9.17, 15) is 0 Å². The molecule has 1 aromatic carbocycles. The third-order valence-electron chi connectivity index (χ3n) is 2.56. The molecular weight excluding hydrogens is 324 g/mol. The molecule has 0 atom stereocenters. The highest BCUT2D eigenvalue weighted by Crippen LogP contribution is 2.20. The van der Waals surface area contributed by atoms with E-state index in [1.54, 1.807) is 0 Å². The number of benzene rings is 1. The van der Waals surface area contributed by atoms with E-state index in [-0.39, 0.29) is 0 Å². The van der Waals surface area contributed by atoms with Crippen LogP contribution in [0.3, 0.4) is 0 Å². The number of anilines is 2. The fraction of sp³-hybridized carbons (Fsp3) is 0.231. The second-order valence-electron chi connectivity index (χ2n) is 3.82. The van der Waals surface area contributed by atoms with Gasteiger partial charge in [-0.05, 0) is 17.9 Å². The number of nitrogens with zero attached hydrogens (tertiary/aromatic N) is 2. The molecule has 100 valence electrons. The number of aromatic nitrogens is 2. The minimum atomic E-state index is 0.718. The first-order valence-electron chi connectivity index (χ1n) is 5.81. The van der Waals surface area contributed by atoms with Crippen molar-refractivity contribution in [1.82, 2.24) is 9.97 Å². The number of hydrogen-bond donors (Lipinski definition) is 2. The van der Waals surface area contributed by atoms with Crippen molar-refractivity contribution in [2.75, 3.05) is 23.9 Å². The van der Waals surface area contributed by atoms with Crippen molar-refractivity contribution >= 4 is 39.3 Å². The number of rotatable bonds is 5. The van der Waals surface area contributed by atoms with Crippen molar-refractivity contribution in [1.29, 1.82) is 0 Å². The molecule has 0 unspecified atom stereocenters. The predicted octanol–water partition coefficient (Wildman–Crippen LogP) is 3.61. The summed E-state index contributed by atoms with van der Waals surface area (Å²) in [6, 6.07) is 10.0. The maximum Gasteiger partial charge on any atom is 0.191 e. The first-order chi connectivity index (χ1) is 9.22. The summed E-state index contributed by atoms with van der Waals surface area (Å²) < 4.78 is 1.09. The largest absolute Gasteiger partial charge is 0.373 e. The van der Waals surface area contributed by atoms with Gasteiger partial charge >= 0.3 is 0 Å². The highest BCUT2D eigenvalue weighted by molar-refractivity contribution is 9.10. The minimum absolute atomic E-state index is 0.718. The van der Waals surface area contributed by atoms with Crippen molar-refractivity contribution in [3.05, 3.63) is 40.4 Å². The second kappa shape index (κ2) is 6.77. The molecule has 2 N–H and O–H groups in total. The van der Waals surface area contributed by atoms with Crippen molar-refractivity contribution < 1.29 is 0 Å². The zero-order valence-electron chi connectivity index (χ0n) is 10.8. The number of hydrogen-bond acceptors (Lipinski definition) is 5. The lowest BCUT2D eigenvalue weighted by molar-refractivity contribution is 0.957. The Kier molecular flexibility index (Phi) is 5.04. The third-order valence-corrected chi connectivity index (χ3v) is 3.88. The molecule has 0 saturated carbocycles. The number of nitrogens with one attached hydrogen (secondary N) is 2. The molecule has 0 aliphatic heterocycles. The van der Waals surface area contributed by atoms with Gasteiger partial charge < -0.3 is 10.6 Å². The molecule has 0 aliphatic rings. The van der Waals surface area contributed by atoms with Crippen LogP contribution in [-0.4, -0.2) is 23.3 Å². The Balaban J connectivity index is 2.13. The zero-order valence-corrected chi connectivity index (χ0v) is 13.2. The van der Waals surface area contributed by atoms with Gasteiger partial charge in [-0.3, -0.25) is 0 Å². The van der Waals surface area contributed by atoms with Crippen molar-refractivity contribution in [2.24, 2.45) is 0 Å². The molecule has 2 rings (SSSR count). The molecular formula is C13H15BrN4S. The average Bonchev–Trinajstić information content (AvgIpc) is 2.46. The van der Waals surface area contributed by atoms with Crippen LogP contribution in [0.25, 0.3) is 0 Å². The maximum absolute atomic E-state index is 4.43. The summed E-state index contributed by atoms with van der Waals surface area (Å²) in [5.41, 5.74) is 1.19. The molecule has 0 radical (unpaired) electrons. The summed E-state index contributed by atoms with van der Waals surface area (Å²) in [7, 11) is 1.85. The highest BCUT2D eigenvalue weighted by atomic mass is 79.9. The second-order valence-corrected chi connectivity index (χ2v) is 5.45. The summed E-state index contributed by atoms with van der Waals surface area (Å²) in [6.45, 7) is 0.718. The van der Waals surface area contributed by atoms with Gasteiger partial charge in [-0.2, -0.15) is 0 Å². The summed E-state index contributed by atoms with van der Waals surface area (Å²) in [5.74, 6) is 1.63. The highest BCUT2D eigenvalue weighted by Gasteiger charge is 2.04. The first kappa shape index (κ1) is 14.1. The molecule has 0 fully saturated rings. The van der Waals surface area contributed by atoms with E-state index in [1.165, 1.54) is 17.3 Å². The molecule has 2 aromatic rings. The fourth-order valence-corrected chi connectivity index (χ4v) is 2.37. The Morgan fingerprint density at radius 3 is 2.63 bits per heavy atom. The molecule has 0 saturated heterocycles. The van der Waals surface area contributed by atoms with Gasteiger partial charge in [0.15, 0.2) is 5.16 Å². The monoisotopic (exact) mass is 338 g/mol. The lowest BCUT2D eigenvalue weighted by Gasteiger charge is -2.09. The van der Waals surface area contributed by atoms with Gasteiger partial charge in [-0.15, -0.1) is 0 Å². The smallest absolute Gasteiger partial charge is 0.191 e. The van der Waals surface area contributed by atoms with E-state index < -0.39 is 0 Å². The van der Waals surface area contributed by atoms with E-state index in [4.69, 9.17) is 0 Å². The van der Waals surface area contributed by atoms with Crippen LogP contribution in [0.15, 0.2) is 40.0 Å². The lowest BCUT2D eigenvalue weighted by atomic mass is 10.2. The Morgan fingerprint density at radius 2 is 1.95 bits per heavy atom. The SMILES string of the molecule is CNc1cc(NCc2ccccc2Br)nc(SC)n1. The van der Waals surface area contributed by atoms with Crippen LogP contribution in [0.1, 0.15) is 5.56 Å². The summed E-state index contributed by atoms with van der Waals surface area (Å²) in [4.78, 5) is 8.76. The topological polar surface area (TPSA) is 49.8 Å². The minimum Gasteiger partial charge on any atom is -0.373 e. The third kappa shape index (κ3) is 3.84. The van der Waals surface area contributed by atoms with Gasteiger partial charge in [0.1, 0.15) is 11.6 Å². The Hall–Kier alpha value is -1.27. The molecule has 0 bridgehead atoms.